The molecule has 0 saturated carbocycles. The van der Waals surface area contributed by atoms with Crippen LogP contribution in [0.4, 0.5) is 19.3 Å². The van der Waals surface area contributed by atoms with Crippen molar-refractivity contribution in [2.75, 3.05) is 11.9 Å². The highest BCUT2D eigenvalue weighted by atomic mass is 19.2. The van der Waals surface area contributed by atoms with Crippen LogP contribution in [-0.4, -0.2) is 22.8 Å². The van der Waals surface area contributed by atoms with Crippen LogP contribution in [0, 0.1) is 11.6 Å². The van der Waals surface area contributed by atoms with E-state index < -0.39 is 23.2 Å². The SMILES string of the molecule is CCOC(=O)Nc1cc(O)ccc1-c1cc(=O)c2ccc(F)c(F)c2[nH]1. The zero-order valence-corrected chi connectivity index (χ0v) is 13.6. The van der Waals surface area contributed by atoms with Crippen LogP contribution in [0.5, 0.6) is 5.75 Å². The van der Waals surface area contributed by atoms with E-state index in [4.69, 9.17) is 4.74 Å². The molecule has 0 bridgehead atoms. The van der Waals surface area contributed by atoms with Crippen molar-refractivity contribution in [3.05, 3.63) is 58.3 Å². The highest BCUT2D eigenvalue weighted by molar-refractivity contribution is 5.92. The number of benzene rings is 2. The molecule has 0 radical (unpaired) electrons. The number of ether oxygens (including phenoxy) is 1. The van der Waals surface area contributed by atoms with Crippen LogP contribution < -0.4 is 10.7 Å². The Kier molecular flexibility index (Phi) is 4.57. The van der Waals surface area contributed by atoms with Crippen molar-refractivity contribution >= 4 is 22.7 Å². The van der Waals surface area contributed by atoms with Crippen molar-refractivity contribution in [1.29, 1.82) is 0 Å². The van der Waals surface area contributed by atoms with Gasteiger partial charge in [-0.3, -0.25) is 10.1 Å². The van der Waals surface area contributed by atoms with Gasteiger partial charge in [-0.1, -0.05) is 0 Å². The molecule has 1 amide bonds. The number of carbonyl (C=O) groups is 1. The molecule has 1 aromatic heterocycles. The monoisotopic (exact) mass is 360 g/mol. The van der Waals surface area contributed by atoms with Gasteiger partial charge in [-0.05, 0) is 31.2 Å². The third kappa shape index (κ3) is 3.21. The van der Waals surface area contributed by atoms with Crippen molar-refractivity contribution < 1.29 is 23.4 Å². The number of H-pyrrole nitrogens is 1. The van der Waals surface area contributed by atoms with E-state index in [-0.39, 0.29) is 34.6 Å². The zero-order valence-electron chi connectivity index (χ0n) is 13.6. The summed E-state index contributed by atoms with van der Waals surface area (Å²) >= 11 is 0. The van der Waals surface area contributed by atoms with Crippen molar-refractivity contribution in [2.24, 2.45) is 0 Å². The van der Waals surface area contributed by atoms with Crippen molar-refractivity contribution in [3.8, 4) is 17.0 Å². The highest BCUT2D eigenvalue weighted by Crippen LogP contribution is 2.31. The lowest BCUT2D eigenvalue weighted by molar-refractivity contribution is 0.168. The lowest BCUT2D eigenvalue weighted by atomic mass is 10.1. The molecular formula is C18H14F2N2O4. The number of nitrogens with one attached hydrogen (secondary N) is 2. The largest absolute Gasteiger partial charge is 0.508 e. The first-order chi connectivity index (χ1) is 12.4. The Morgan fingerprint density at radius 2 is 2.00 bits per heavy atom. The first-order valence-corrected chi connectivity index (χ1v) is 7.69. The van der Waals surface area contributed by atoms with Gasteiger partial charge in [-0.15, -0.1) is 0 Å². The molecule has 8 heteroatoms. The molecule has 0 aliphatic carbocycles. The van der Waals surface area contributed by atoms with Crippen molar-refractivity contribution in [2.45, 2.75) is 6.92 Å². The minimum atomic E-state index is -1.18. The summed E-state index contributed by atoms with van der Waals surface area (Å²) in [6.07, 6.45) is -0.764. The summed E-state index contributed by atoms with van der Waals surface area (Å²) < 4.78 is 32.4. The number of aromatic nitrogens is 1. The van der Waals surface area contributed by atoms with Crippen LogP contribution in [0.3, 0.4) is 0 Å². The van der Waals surface area contributed by atoms with Crippen molar-refractivity contribution in [1.82, 2.24) is 4.98 Å². The van der Waals surface area contributed by atoms with E-state index >= 15 is 0 Å². The van der Waals surface area contributed by atoms with E-state index in [1.165, 1.54) is 30.3 Å². The maximum absolute atomic E-state index is 14.1. The Hall–Kier alpha value is -3.42. The lowest BCUT2D eigenvalue weighted by Crippen LogP contribution is -2.14. The van der Waals surface area contributed by atoms with Crippen molar-refractivity contribution in [3.63, 3.8) is 0 Å². The Morgan fingerprint density at radius 3 is 2.73 bits per heavy atom. The van der Waals surface area contributed by atoms with E-state index in [1.54, 1.807) is 6.92 Å². The molecule has 3 aromatic rings. The normalized spacial score (nSPS) is 10.7. The molecular weight excluding hydrogens is 346 g/mol. The summed E-state index contributed by atoms with van der Waals surface area (Å²) in [6.45, 7) is 1.76. The highest BCUT2D eigenvalue weighted by Gasteiger charge is 2.15. The second-order valence-corrected chi connectivity index (χ2v) is 5.41. The molecule has 0 unspecified atom stereocenters. The predicted octanol–water partition coefficient (Wildman–Crippen LogP) is 3.75. The number of pyridine rings is 1. The summed E-state index contributed by atoms with van der Waals surface area (Å²) in [6, 6.07) is 7.26. The van der Waals surface area contributed by atoms with Crippen LogP contribution in [-0.2, 0) is 4.74 Å². The Morgan fingerprint density at radius 1 is 1.23 bits per heavy atom. The van der Waals surface area contributed by atoms with Gasteiger partial charge in [-0.2, -0.15) is 0 Å². The Balaban J connectivity index is 2.19. The van der Waals surface area contributed by atoms with E-state index in [9.17, 15) is 23.5 Å². The number of hydrogen-bond donors (Lipinski definition) is 3. The maximum Gasteiger partial charge on any atom is 0.411 e. The van der Waals surface area contributed by atoms with Gasteiger partial charge in [0.2, 0.25) is 0 Å². The fourth-order valence-electron chi connectivity index (χ4n) is 2.55. The number of phenolic OH excluding ortho intramolecular Hbond substituents is 1. The van der Waals surface area contributed by atoms with E-state index in [0.717, 1.165) is 6.07 Å². The fraction of sp³-hybridized carbons (Fsp3) is 0.111. The number of rotatable bonds is 3. The van der Waals surface area contributed by atoms with E-state index in [0.29, 0.717) is 5.56 Å². The molecule has 134 valence electrons. The zero-order chi connectivity index (χ0) is 18.8. The van der Waals surface area contributed by atoms with Gasteiger partial charge in [0.05, 0.1) is 23.5 Å². The second-order valence-electron chi connectivity index (χ2n) is 5.41. The Bertz CT molecular complexity index is 1060. The van der Waals surface area contributed by atoms with Gasteiger partial charge in [0, 0.05) is 23.1 Å². The average Bonchev–Trinajstić information content (AvgIpc) is 2.58. The van der Waals surface area contributed by atoms with E-state index in [1.807, 2.05) is 0 Å². The molecule has 0 aliphatic heterocycles. The van der Waals surface area contributed by atoms with Gasteiger partial charge >= 0.3 is 6.09 Å². The first kappa shape index (κ1) is 17.4. The van der Waals surface area contributed by atoms with Gasteiger partial charge in [0.25, 0.3) is 0 Å². The summed E-state index contributed by atoms with van der Waals surface area (Å²) in [5, 5.41) is 12.1. The number of amides is 1. The number of aromatic hydroxyl groups is 1. The summed E-state index contributed by atoms with van der Waals surface area (Å²) in [4.78, 5) is 26.6. The average molecular weight is 360 g/mol. The first-order valence-electron chi connectivity index (χ1n) is 7.69. The topological polar surface area (TPSA) is 91.4 Å². The molecule has 0 fully saturated rings. The summed E-state index contributed by atoms with van der Waals surface area (Å²) in [5.74, 6) is -2.41. The molecule has 0 spiro atoms. The second kappa shape index (κ2) is 6.83. The molecule has 26 heavy (non-hydrogen) atoms. The van der Waals surface area contributed by atoms with Gasteiger partial charge < -0.3 is 14.8 Å². The molecule has 0 atom stereocenters. The minimum absolute atomic E-state index is 0.00803. The number of fused-ring (bicyclic) bond motifs is 1. The van der Waals surface area contributed by atoms with Gasteiger partial charge in [-0.25, -0.2) is 13.6 Å². The van der Waals surface area contributed by atoms with Crippen LogP contribution in [0.25, 0.3) is 22.2 Å². The molecule has 0 aliphatic rings. The van der Waals surface area contributed by atoms with Gasteiger partial charge in [0.1, 0.15) is 5.75 Å². The Labute approximate surface area is 146 Å². The fourth-order valence-corrected chi connectivity index (χ4v) is 2.55. The summed E-state index contributed by atoms with van der Waals surface area (Å²) in [5.41, 5.74) is -0.252. The van der Waals surface area contributed by atoms with Gasteiger partial charge in [0.15, 0.2) is 17.1 Å². The maximum atomic E-state index is 14.1. The molecule has 0 saturated heterocycles. The third-order valence-corrected chi connectivity index (χ3v) is 3.70. The van der Waals surface area contributed by atoms with E-state index in [2.05, 4.69) is 10.3 Å². The number of phenols is 1. The summed E-state index contributed by atoms with van der Waals surface area (Å²) in [7, 11) is 0. The smallest absolute Gasteiger partial charge is 0.411 e. The van der Waals surface area contributed by atoms with Crippen LogP contribution in [0.1, 0.15) is 6.92 Å². The predicted molar refractivity (Wildman–Crippen MR) is 92.2 cm³/mol. The molecule has 1 heterocycles. The number of aromatic amines is 1. The standard InChI is InChI=1S/C18H14F2N2O4/c1-2-26-18(25)22-13-7-9(23)3-4-10(13)14-8-15(24)11-5-6-12(19)16(20)17(11)21-14/h3-8,23H,2H2,1H3,(H,21,24)(H,22,25). The van der Waals surface area contributed by atoms with Crippen LogP contribution in [0.15, 0.2) is 41.2 Å². The number of hydrogen-bond acceptors (Lipinski definition) is 4. The number of halogens is 2. The quantitative estimate of drug-likeness (QED) is 0.663. The van der Waals surface area contributed by atoms with Crippen LogP contribution in [0.2, 0.25) is 0 Å². The molecule has 3 rings (SSSR count). The lowest BCUT2D eigenvalue weighted by Gasteiger charge is -2.12. The molecule has 6 nitrogen and oxygen atoms in total. The molecule has 2 aromatic carbocycles. The minimum Gasteiger partial charge on any atom is -0.508 e. The molecule has 3 N–H and O–H groups in total. The van der Waals surface area contributed by atoms with Crippen LogP contribution >= 0.6 is 0 Å². The number of anilines is 1. The third-order valence-electron chi connectivity index (χ3n) is 3.70. The number of carbonyl (C=O) groups excluding carboxylic acids is 1.